The van der Waals surface area contributed by atoms with E-state index in [4.69, 9.17) is 4.74 Å². The number of piperidine rings is 1. The Bertz CT molecular complexity index is 427. The van der Waals surface area contributed by atoms with Crippen LogP contribution in [0.15, 0.2) is 0 Å². The van der Waals surface area contributed by atoms with Gasteiger partial charge in [0.05, 0.1) is 6.10 Å². The van der Waals surface area contributed by atoms with Crippen LogP contribution in [-0.4, -0.2) is 48.7 Å². The molecular weight excluding hydrogens is 300 g/mol. The fourth-order valence-electron chi connectivity index (χ4n) is 5.13. The number of rotatable bonds is 5. The van der Waals surface area contributed by atoms with Gasteiger partial charge >= 0.3 is 0 Å². The monoisotopic (exact) mass is 336 g/mol. The average Bonchev–Trinajstić information content (AvgIpc) is 2.89. The summed E-state index contributed by atoms with van der Waals surface area (Å²) >= 11 is 0. The summed E-state index contributed by atoms with van der Waals surface area (Å²) in [6.45, 7) is 7.15. The van der Waals surface area contributed by atoms with Crippen LogP contribution in [0, 0.1) is 17.8 Å². The van der Waals surface area contributed by atoms with Crippen molar-refractivity contribution in [2.45, 2.75) is 89.9 Å². The second-order valence-corrected chi connectivity index (χ2v) is 8.94. The maximum Gasteiger partial charge on any atom is 0.248 e. The van der Waals surface area contributed by atoms with Crippen LogP contribution in [0.3, 0.4) is 0 Å². The predicted molar refractivity (Wildman–Crippen MR) is 96.8 cm³/mol. The first-order chi connectivity index (χ1) is 11.4. The number of hydrogen-bond acceptors (Lipinski definition) is 3. The highest BCUT2D eigenvalue weighted by atomic mass is 16.5. The highest BCUT2D eigenvalue weighted by molar-refractivity contribution is 5.77. The Morgan fingerprint density at radius 1 is 1.12 bits per heavy atom. The van der Waals surface area contributed by atoms with Crippen molar-refractivity contribution in [1.82, 2.24) is 10.2 Å². The molecule has 2 aliphatic heterocycles. The number of ether oxygens (including phenoxy) is 1. The summed E-state index contributed by atoms with van der Waals surface area (Å²) in [7, 11) is 1.98. The minimum absolute atomic E-state index is 0.169. The third-order valence-corrected chi connectivity index (χ3v) is 6.77. The van der Waals surface area contributed by atoms with Crippen molar-refractivity contribution in [2.24, 2.45) is 17.8 Å². The van der Waals surface area contributed by atoms with Crippen LogP contribution in [0.1, 0.15) is 65.7 Å². The van der Waals surface area contributed by atoms with Gasteiger partial charge in [0.25, 0.3) is 0 Å². The van der Waals surface area contributed by atoms with Crippen LogP contribution in [0.2, 0.25) is 0 Å². The van der Waals surface area contributed by atoms with Gasteiger partial charge in [-0.05, 0) is 56.3 Å². The van der Waals surface area contributed by atoms with Gasteiger partial charge in [-0.15, -0.1) is 0 Å². The molecular formula is C20H36N2O2. The normalized spacial score (nSPS) is 39.2. The van der Waals surface area contributed by atoms with E-state index < -0.39 is 0 Å². The van der Waals surface area contributed by atoms with Crippen LogP contribution < -0.4 is 5.32 Å². The number of carbonyl (C=O) groups is 1. The van der Waals surface area contributed by atoms with Crippen molar-refractivity contribution in [3.05, 3.63) is 0 Å². The van der Waals surface area contributed by atoms with Crippen LogP contribution in [0.25, 0.3) is 0 Å². The van der Waals surface area contributed by atoms with Crippen molar-refractivity contribution in [3.63, 3.8) is 0 Å². The second-order valence-electron chi connectivity index (χ2n) is 8.94. The van der Waals surface area contributed by atoms with Gasteiger partial charge in [-0.3, -0.25) is 4.79 Å². The highest BCUT2D eigenvalue weighted by Gasteiger charge is 2.37. The molecule has 0 radical (unpaired) electrons. The number of amides is 1. The van der Waals surface area contributed by atoms with E-state index in [-0.39, 0.29) is 18.6 Å². The van der Waals surface area contributed by atoms with Crippen LogP contribution in [0.4, 0.5) is 0 Å². The van der Waals surface area contributed by atoms with E-state index in [0.29, 0.717) is 30.0 Å². The van der Waals surface area contributed by atoms with Gasteiger partial charge in [0.15, 0.2) is 0 Å². The number of fused-ring (bicyclic) bond motifs is 2. The first-order valence-electron chi connectivity index (χ1n) is 10.1. The average molecular weight is 337 g/mol. The quantitative estimate of drug-likeness (QED) is 0.838. The summed E-state index contributed by atoms with van der Waals surface area (Å²) in [6, 6.07) is 1.63. The van der Waals surface area contributed by atoms with Crippen LogP contribution in [-0.2, 0) is 9.53 Å². The zero-order valence-corrected chi connectivity index (χ0v) is 16.0. The molecule has 0 aromatic heterocycles. The van der Waals surface area contributed by atoms with Gasteiger partial charge in [0, 0.05) is 25.2 Å². The van der Waals surface area contributed by atoms with E-state index in [1.807, 2.05) is 11.9 Å². The second kappa shape index (κ2) is 7.74. The lowest BCUT2D eigenvalue weighted by atomic mass is 9.75. The Kier molecular flexibility index (Phi) is 5.86. The first kappa shape index (κ1) is 18.2. The fourth-order valence-corrected chi connectivity index (χ4v) is 5.13. The molecule has 3 rings (SSSR count). The van der Waals surface area contributed by atoms with E-state index >= 15 is 0 Å². The van der Waals surface area contributed by atoms with Gasteiger partial charge in [-0.1, -0.05) is 27.2 Å². The number of nitrogens with one attached hydrogen (secondary N) is 1. The molecule has 3 fully saturated rings. The maximum absolute atomic E-state index is 12.7. The lowest BCUT2D eigenvalue weighted by Gasteiger charge is -2.38. The largest absolute Gasteiger partial charge is 0.368 e. The van der Waals surface area contributed by atoms with Gasteiger partial charge < -0.3 is 15.0 Å². The fraction of sp³-hybridized carbons (Fsp3) is 0.950. The predicted octanol–water partition coefficient (Wildman–Crippen LogP) is 3.21. The molecule has 1 amide bonds. The molecule has 1 saturated carbocycles. The molecule has 1 aliphatic carbocycles. The lowest BCUT2D eigenvalue weighted by molar-refractivity contribution is -0.143. The van der Waals surface area contributed by atoms with Crippen LogP contribution >= 0.6 is 0 Å². The van der Waals surface area contributed by atoms with Gasteiger partial charge in [-0.2, -0.15) is 0 Å². The molecule has 0 spiro atoms. The molecule has 3 aliphatic rings. The summed E-state index contributed by atoms with van der Waals surface area (Å²) in [5.41, 5.74) is 0. The topological polar surface area (TPSA) is 41.6 Å². The molecule has 138 valence electrons. The van der Waals surface area contributed by atoms with Crippen molar-refractivity contribution < 1.29 is 9.53 Å². The smallest absolute Gasteiger partial charge is 0.248 e. The Morgan fingerprint density at radius 3 is 2.42 bits per heavy atom. The molecule has 2 saturated heterocycles. The highest BCUT2D eigenvalue weighted by Crippen LogP contribution is 2.35. The third-order valence-electron chi connectivity index (χ3n) is 6.77. The summed E-state index contributed by atoms with van der Waals surface area (Å²) in [5, 5.41) is 3.65. The SMILES string of the molecule is CC1CCC(C(C)C)C(OCC(=O)N(C)C2CC3CCC(C2)N3)C1. The molecule has 1 N–H and O–H groups in total. The number of likely N-dealkylation sites (N-methyl/N-ethyl adjacent to an activating group) is 1. The van der Waals surface area contributed by atoms with Crippen LogP contribution in [0.5, 0.6) is 0 Å². The molecule has 0 aromatic carbocycles. The molecule has 5 unspecified atom stereocenters. The van der Waals surface area contributed by atoms with Crippen molar-refractivity contribution in [2.75, 3.05) is 13.7 Å². The van der Waals surface area contributed by atoms with Crippen molar-refractivity contribution >= 4 is 5.91 Å². The molecule has 24 heavy (non-hydrogen) atoms. The molecule has 4 heteroatoms. The summed E-state index contributed by atoms with van der Waals surface area (Å²) in [6.07, 6.45) is 8.67. The number of carbonyl (C=O) groups excluding carboxylic acids is 1. The summed E-state index contributed by atoms with van der Waals surface area (Å²) in [5.74, 6) is 2.13. The molecule has 2 bridgehead atoms. The van der Waals surface area contributed by atoms with E-state index in [1.165, 1.54) is 25.7 Å². The van der Waals surface area contributed by atoms with Gasteiger partial charge in [0.1, 0.15) is 6.61 Å². The number of nitrogens with zero attached hydrogens (tertiary/aromatic N) is 1. The Hall–Kier alpha value is -0.610. The zero-order valence-electron chi connectivity index (χ0n) is 16.0. The Balaban J connectivity index is 1.50. The lowest BCUT2D eigenvalue weighted by Crippen LogP contribution is -2.50. The molecule has 2 heterocycles. The minimum Gasteiger partial charge on any atom is -0.368 e. The maximum atomic E-state index is 12.7. The van der Waals surface area contributed by atoms with E-state index in [1.54, 1.807) is 0 Å². The zero-order chi connectivity index (χ0) is 17.3. The van der Waals surface area contributed by atoms with E-state index in [2.05, 4.69) is 26.1 Å². The minimum atomic E-state index is 0.169. The first-order valence-corrected chi connectivity index (χ1v) is 10.1. The summed E-state index contributed by atoms with van der Waals surface area (Å²) < 4.78 is 6.16. The summed E-state index contributed by atoms with van der Waals surface area (Å²) in [4.78, 5) is 14.6. The molecule has 5 atom stereocenters. The molecule has 0 aromatic rings. The van der Waals surface area contributed by atoms with Crippen molar-refractivity contribution in [3.8, 4) is 0 Å². The Morgan fingerprint density at radius 2 is 1.79 bits per heavy atom. The third kappa shape index (κ3) is 4.13. The van der Waals surface area contributed by atoms with E-state index in [9.17, 15) is 4.79 Å². The van der Waals surface area contributed by atoms with Gasteiger partial charge in [0.2, 0.25) is 5.91 Å². The Labute approximate surface area is 147 Å². The standard InChI is InChI=1S/C20H36N2O2/c1-13(2)18-8-5-14(3)9-19(18)24-12-20(23)22(4)17-10-15-6-7-16(11-17)21-15/h13-19,21H,5-12H2,1-4H3. The molecule has 4 nitrogen and oxygen atoms in total. The van der Waals surface area contributed by atoms with Crippen molar-refractivity contribution in [1.29, 1.82) is 0 Å². The van der Waals surface area contributed by atoms with Gasteiger partial charge in [-0.25, -0.2) is 0 Å². The number of hydrogen-bond donors (Lipinski definition) is 1. The van der Waals surface area contributed by atoms with E-state index in [0.717, 1.165) is 25.2 Å².